The SMILES string of the molecule is CC(C)CCCNCc1cccc(C(N)=NO)c1. The van der Waals surface area contributed by atoms with Gasteiger partial charge in [-0.3, -0.25) is 0 Å². The van der Waals surface area contributed by atoms with Crippen molar-refractivity contribution in [2.45, 2.75) is 33.2 Å². The Hall–Kier alpha value is -1.55. The summed E-state index contributed by atoms with van der Waals surface area (Å²) in [7, 11) is 0. The molecule has 0 aromatic heterocycles. The summed E-state index contributed by atoms with van der Waals surface area (Å²) in [6, 6.07) is 7.71. The van der Waals surface area contributed by atoms with E-state index in [1.165, 1.54) is 12.8 Å². The normalized spacial score (nSPS) is 12.1. The van der Waals surface area contributed by atoms with Crippen LogP contribution in [0.4, 0.5) is 0 Å². The largest absolute Gasteiger partial charge is 0.409 e. The molecule has 18 heavy (non-hydrogen) atoms. The van der Waals surface area contributed by atoms with Crippen molar-refractivity contribution in [2.24, 2.45) is 16.8 Å². The molecule has 4 heteroatoms. The van der Waals surface area contributed by atoms with Crippen molar-refractivity contribution in [1.82, 2.24) is 5.32 Å². The molecule has 1 aromatic carbocycles. The summed E-state index contributed by atoms with van der Waals surface area (Å²) in [5.41, 5.74) is 7.44. The summed E-state index contributed by atoms with van der Waals surface area (Å²) < 4.78 is 0. The molecule has 0 fully saturated rings. The molecule has 0 aliphatic rings. The standard InChI is InChI=1S/C14H23N3O/c1-11(2)5-4-8-16-10-12-6-3-7-13(9-12)14(15)17-18/h3,6-7,9,11,16,18H,4-5,8,10H2,1-2H3,(H2,15,17). The highest BCUT2D eigenvalue weighted by atomic mass is 16.4. The Morgan fingerprint density at radius 2 is 2.22 bits per heavy atom. The van der Waals surface area contributed by atoms with Crippen LogP contribution in [0, 0.1) is 5.92 Å². The lowest BCUT2D eigenvalue weighted by Crippen LogP contribution is -2.17. The Bertz CT molecular complexity index is 388. The third-order valence-electron chi connectivity index (χ3n) is 2.79. The predicted molar refractivity (Wildman–Crippen MR) is 74.7 cm³/mol. The molecular formula is C14H23N3O. The first-order valence-electron chi connectivity index (χ1n) is 6.41. The number of nitrogens with one attached hydrogen (secondary N) is 1. The Morgan fingerprint density at radius 1 is 1.44 bits per heavy atom. The van der Waals surface area contributed by atoms with Crippen molar-refractivity contribution in [3.05, 3.63) is 35.4 Å². The minimum absolute atomic E-state index is 0.150. The third-order valence-corrected chi connectivity index (χ3v) is 2.79. The second kappa shape index (κ2) is 7.71. The van der Waals surface area contributed by atoms with E-state index < -0.39 is 0 Å². The van der Waals surface area contributed by atoms with Crippen molar-refractivity contribution in [1.29, 1.82) is 0 Å². The maximum Gasteiger partial charge on any atom is 0.170 e. The van der Waals surface area contributed by atoms with Crippen molar-refractivity contribution in [2.75, 3.05) is 6.54 Å². The minimum atomic E-state index is 0.150. The van der Waals surface area contributed by atoms with Gasteiger partial charge in [-0.25, -0.2) is 0 Å². The number of amidine groups is 1. The number of nitrogens with two attached hydrogens (primary N) is 1. The average molecular weight is 249 g/mol. The zero-order valence-corrected chi connectivity index (χ0v) is 11.2. The van der Waals surface area contributed by atoms with Crippen LogP contribution >= 0.6 is 0 Å². The molecule has 1 rings (SSSR count). The smallest absolute Gasteiger partial charge is 0.170 e. The molecule has 0 unspecified atom stereocenters. The number of oxime groups is 1. The van der Waals surface area contributed by atoms with Gasteiger partial charge in [0.15, 0.2) is 5.84 Å². The van der Waals surface area contributed by atoms with Crippen molar-refractivity contribution in [3.63, 3.8) is 0 Å². The number of nitrogens with zero attached hydrogens (tertiary/aromatic N) is 1. The van der Waals surface area contributed by atoms with Crippen molar-refractivity contribution >= 4 is 5.84 Å². The van der Waals surface area contributed by atoms with Gasteiger partial charge < -0.3 is 16.3 Å². The van der Waals surface area contributed by atoms with Gasteiger partial charge in [0, 0.05) is 12.1 Å². The van der Waals surface area contributed by atoms with Crippen molar-refractivity contribution in [3.8, 4) is 0 Å². The topological polar surface area (TPSA) is 70.6 Å². The van der Waals surface area contributed by atoms with Gasteiger partial charge in [0.1, 0.15) is 0 Å². The van der Waals surface area contributed by atoms with E-state index in [4.69, 9.17) is 10.9 Å². The molecule has 0 saturated heterocycles. The van der Waals surface area contributed by atoms with E-state index in [0.29, 0.717) is 0 Å². The molecular weight excluding hydrogens is 226 g/mol. The highest BCUT2D eigenvalue weighted by Gasteiger charge is 2.00. The van der Waals surface area contributed by atoms with Gasteiger partial charge in [-0.15, -0.1) is 0 Å². The van der Waals surface area contributed by atoms with Gasteiger partial charge in [-0.05, 0) is 36.9 Å². The van der Waals surface area contributed by atoms with Gasteiger partial charge in [0.25, 0.3) is 0 Å². The van der Waals surface area contributed by atoms with E-state index in [1.807, 2.05) is 24.3 Å². The number of hydrogen-bond acceptors (Lipinski definition) is 3. The Balaban J connectivity index is 2.39. The first kappa shape index (κ1) is 14.5. The lowest BCUT2D eigenvalue weighted by molar-refractivity contribution is 0.318. The van der Waals surface area contributed by atoms with Crippen LogP contribution in [0.5, 0.6) is 0 Å². The van der Waals surface area contributed by atoms with E-state index in [9.17, 15) is 0 Å². The fourth-order valence-electron chi connectivity index (χ4n) is 1.77. The fourth-order valence-corrected chi connectivity index (χ4v) is 1.77. The summed E-state index contributed by atoms with van der Waals surface area (Å²) in [4.78, 5) is 0. The van der Waals surface area contributed by atoms with Crippen LogP contribution in [-0.4, -0.2) is 17.6 Å². The molecule has 0 radical (unpaired) electrons. The highest BCUT2D eigenvalue weighted by Crippen LogP contribution is 2.06. The summed E-state index contributed by atoms with van der Waals surface area (Å²) in [5.74, 6) is 0.910. The maximum atomic E-state index is 8.62. The number of benzene rings is 1. The van der Waals surface area contributed by atoms with Crippen LogP contribution in [0.25, 0.3) is 0 Å². The molecule has 0 aliphatic carbocycles. The van der Waals surface area contributed by atoms with Gasteiger partial charge in [-0.2, -0.15) is 0 Å². The van der Waals surface area contributed by atoms with Crippen LogP contribution in [0.1, 0.15) is 37.8 Å². The first-order chi connectivity index (χ1) is 8.63. The zero-order valence-electron chi connectivity index (χ0n) is 11.2. The van der Waals surface area contributed by atoms with Gasteiger partial charge in [-0.1, -0.05) is 37.2 Å². The van der Waals surface area contributed by atoms with Crippen LogP contribution in [0.15, 0.2) is 29.4 Å². The second-order valence-corrected chi connectivity index (χ2v) is 4.90. The minimum Gasteiger partial charge on any atom is -0.409 e. The molecule has 0 atom stereocenters. The van der Waals surface area contributed by atoms with Gasteiger partial charge >= 0.3 is 0 Å². The molecule has 0 bridgehead atoms. The monoisotopic (exact) mass is 249 g/mol. The molecule has 100 valence electrons. The average Bonchev–Trinajstić information content (AvgIpc) is 2.37. The number of rotatable bonds is 7. The summed E-state index contributed by atoms with van der Waals surface area (Å²) in [5, 5.41) is 15.0. The van der Waals surface area contributed by atoms with E-state index in [0.717, 1.165) is 30.1 Å². The zero-order chi connectivity index (χ0) is 13.4. The molecule has 0 spiro atoms. The molecule has 0 amide bonds. The van der Waals surface area contributed by atoms with E-state index in [1.54, 1.807) is 0 Å². The molecule has 0 heterocycles. The quantitative estimate of drug-likeness (QED) is 0.228. The summed E-state index contributed by atoms with van der Waals surface area (Å²) in [6.07, 6.45) is 2.44. The molecule has 0 aliphatic heterocycles. The molecule has 4 N–H and O–H groups in total. The predicted octanol–water partition coefficient (Wildman–Crippen LogP) is 2.31. The second-order valence-electron chi connectivity index (χ2n) is 4.90. The Kier molecular flexibility index (Phi) is 6.22. The van der Waals surface area contributed by atoms with Crippen LogP contribution < -0.4 is 11.1 Å². The summed E-state index contributed by atoms with van der Waals surface area (Å²) in [6.45, 7) is 6.30. The fraction of sp³-hybridized carbons (Fsp3) is 0.500. The Morgan fingerprint density at radius 3 is 2.89 bits per heavy atom. The van der Waals surface area contributed by atoms with Gasteiger partial charge in [0.2, 0.25) is 0 Å². The maximum absolute atomic E-state index is 8.62. The third kappa shape index (κ3) is 5.19. The molecule has 4 nitrogen and oxygen atoms in total. The van der Waals surface area contributed by atoms with Crippen molar-refractivity contribution < 1.29 is 5.21 Å². The highest BCUT2D eigenvalue weighted by molar-refractivity contribution is 5.97. The Labute approximate surface area is 109 Å². The van der Waals surface area contributed by atoms with Crippen LogP contribution in [-0.2, 0) is 6.54 Å². The number of hydrogen-bond donors (Lipinski definition) is 3. The van der Waals surface area contributed by atoms with Crippen LogP contribution in [0.2, 0.25) is 0 Å². The van der Waals surface area contributed by atoms with E-state index in [2.05, 4.69) is 24.3 Å². The first-order valence-corrected chi connectivity index (χ1v) is 6.41. The lowest BCUT2D eigenvalue weighted by Gasteiger charge is -2.07. The van der Waals surface area contributed by atoms with Crippen LogP contribution in [0.3, 0.4) is 0 Å². The summed E-state index contributed by atoms with van der Waals surface area (Å²) >= 11 is 0. The van der Waals surface area contributed by atoms with Gasteiger partial charge in [0.05, 0.1) is 0 Å². The molecule has 0 saturated carbocycles. The van der Waals surface area contributed by atoms with E-state index in [-0.39, 0.29) is 5.84 Å². The molecule has 1 aromatic rings. The van der Waals surface area contributed by atoms with E-state index >= 15 is 0 Å². The lowest BCUT2D eigenvalue weighted by atomic mass is 10.1.